The third-order valence-corrected chi connectivity index (χ3v) is 6.11. The highest BCUT2D eigenvalue weighted by Crippen LogP contribution is 2.27. The van der Waals surface area contributed by atoms with Crippen LogP contribution in [0.1, 0.15) is 29.8 Å². The number of anilines is 1. The number of hydrogen-bond donors (Lipinski definition) is 3. The second-order valence-corrected chi connectivity index (χ2v) is 8.31. The van der Waals surface area contributed by atoms with E-state index in [-0.39, 0.29) is 24.6 Å². The number of nitrogens with zero attached hydrogens (tertiary/aromatic N) is 2. The summed E-state index contributed by atoms with van der Waals surface area (Å²) < 4.78 is 10.4. The number of hydrogen-bond acceptors (Lipinski definition) is 6. The molecule has 1 aromatic carbocycles. The van der Waals surface area contributed by atoms with E-state index in [0.29, 0.717) is 30.8 Å². The van der Waals surface area contributed by atoms with Gasteiger partial charge in [-0.05, 0) is 43.5 Å². The number of nitrogens with one attached hydrogen (secondary N) is 2. The molecule has 0 unspecified atom stereocenters. The van der Waals surface area contributed by atoms with E-state index in [1.165, 1.54) is 29.2 Å². The first-order valence-electron chi connectivity index (χ1n) is 11.0. The van der Waals surface area contributed by atoms with Gasteiger partial charge < -0.3 is 35.3 Å². The van der Waals surface area contributed by atoms with Gasteiger partial charge in [0.05, 0.1) is 19.4 Å². The molecule has 180 valence electrons. The predicted octanol–water partition coefficient (Wildman–Crippen LogP) is 1.17. The first kappa shape index (κ1) is 23.1. The second kappa shape index (κ2) is 9.86. The van der Waals surface area contributed by atoms with Crippen molar-refractivity contribution in [2.24, 2.45) is 5.73 Å². The van der Waals surface area contributed by atoms with Crippen LogP contribution in [-0.2, 0) is 9.59 Å². The molecule has 2 fully saturated rings. The number of methoxy groups -OCH3 is 1. The summed E-state index contributed by atoms with van der Waals surface area (Å²) in [6.45, 7) is 0.497. The maximum absolute atomic E-state index is 13.4. The number of nitrogens with two attached hydrogens (primary N) is 1. The van der Waals surface area contributed by atoms with Crippen molar-refractivity contribution in [3.8, 4) is 5.75 Å². The highest BCUT2D eigenvalue weighted by molar-refractivity contribution is 5.97. The molecule has 0 spiro atoms. The van der Waals surface area contributed by atoms with Crippen LogP contribution in [0.4, 0.5) is 10.5 Å². The predicted molar refractivity (Wildman–Crippen MR) is 121 cm³/mol. The van der Waals surface area contributed by atoms with Crippen molar-refractivity contribution in [1.29, 1.82) is 0 Å². The zero-order valence-corrected chi connectivity index (χ0v) is 18.7. The molecule has 1 aromatic heterocycles. The van der Waals surface area contributed by atoms with Crippen molar-refractivity contribution in [1.82, 2.24) is 15.1 Å². The van der Waals surface area contributed by atoms with Crippen molar-refractivity contribution in [3.63, 3.8) is 0 Å². The van der Waals surface area contributed by atoms with Crippen molar-refractivity contribution < 1.29 is 28.3 Å². The number of primary amides is 1. The number of carbonyl (C=O) groups is 4. The van der Waals surface area contributed by atoms with Crippen LogP contribution in [-0.4, -0.2) is 71.9 Å². The van der Waals surface area contributed by atoms with E-state index in [0.717, 1.165) is 0 Å². The van der Waals surface area contributed by atoms with Gasteiger partial charge in [0.15, 0.2) is 5.76 Å². The summed E-state index contributed by atoms with van der Waals surface area (Å²) in [4.78, 5) is 53.7. The summed E-state index contributed by atoms with van der Waals surface area (Å²) >= 11 is 0. The van der Waals surface area contributed by atoms with E-state index in [2.05, 4.69) is 10.6 Å². The Kier molecular flexibility index (Phi) is 6.71. The van der Waals surface area contributed by atoms with E-state index in [1.807, 2.05) is 0 Å². The molecule has 3 atom stereocenters. The summed E-state index contributed by atoms with van der Waals surface area (Å²) in [7, 11) is 1.53. The maximum atomic E-state index is 13.4. The van der Waals surface area contributed by atoms with Gasteiger partial charge in [0.1, 0.15) is 17.8 Å². The minimum absolute atomic E-state index is 0.0900. The van der Waals surface area contributed by atoms with Crippen LogP contribution in [0, 0.1) is 0 Å². The molecule has 4 rings (SSSR count). The van der Waals surface area contributed by atoms with Crippen LogP contribution < -0.4 is 21.1 Å². The van der Waals surface area contributed by atoms with Gasteiger partial charge in [-0.1, -0.05) is 6.07 Å². The van der Waals surface area contributed by atoms with Crippen LogP contribution in [0.25, 0.3) is 0 Å². The van der Waals surface area contributed by atoms with Crippen molar-refractivity contribution in [2.75, 3.05) is 25.5 Å². The first-order chi connectivity index (χ1) is 16.4. The largest absolute Gasteiger partial charge is 0.497 e. The Morgan fingerprint density at radius 2 is 1.94 bits per heavy atom. The molecule has 2 aromatic rings. The average molecular weight is 469 g/mol. The summed E-state index contributed by atoms with van der Waals surface area (Å²) in [6.07, 6.45) is 2.72. The Bertz CT molecular complexity index is 1070. The Morgan fingerprint density at radius 1 is 1.12 bits per heavy atom. The molecule has 0 bridgehead atoms. The Hall–Kier alpha value is -4.02. The zero-order valence-electron chi connectivity index (χ0n) is 18.7. The molecule has 0 saturated carbocycles. The number of likely N-dealkylation sites (tertiary alicyclic amines) is 2. The van der Waals surface area contributed by atoms with Crippen molar-refractivity contribution in [3.05, 3.63) is 48.4 Å². The number of rotatable bonds is 6. The minimum atomic E-state index is -0.861. The number of ether oxygens (including phenoxy) is 1. The number of benzene rings is 1. The second-order valence-electron chi connectivity index (χ2n) is 8.31. The smallest absolute Gasteiger partial charge is 0.319 e. The average Bonchev–Trinajstić information content (AvgIpc) is 3.59. The fourth-order valence-electron chi connectivity index (χ4n) is 4.51. The Labute approximate surface area is 196 Å². The van der Waals surface area contributed by atoms with Crippen LogP contribution >= 0.6 is 0 Å². The molecule has 2 saturated heterocycles. The lowest BCUT2D eigenvalue weighted by Gasteiger charge is -2.29. The molecule has 11 nitrogen and oxygen atoms in total. The molecule has 4 N–H and O–H groups in total. The van der Waals surface area contributed by atoms with Crippen LogP contribution in [0.2, 0.25) is 0 Å². The molecule has 5 amide bonds. The van der Waals surface area contributed by atoms with Gasteiger partial charge in [-0.15, -0.1) is 0 Å². The van der Waals surface area contributed by atoms with Gasteiger partial charge in [-0.3, -0.25) is 14.4 Å². The Morgan fingerprint density at radius 3 is 2.65 bits per heavy atom. The molecular weight excluding hydrogens is 442 g/mol. The number of furan rings is 1. The van der Waals surface area contributed by atoms with Crippen molar-refractivity contribution in [2.45, 2.75) is 37.4 Å². The topological polar surface area (TPSA) is 147 Å². The zero-order chi connectivity index (χ0) is 24.2. The minimum Gasteiger partial charge on any atom is -0.497 e. The van der Waals surface area contributed by atoms with Crippen LogP contribution in [0.3, 0.4) is 0 Å². The third kappa shape index (κ3) is 4.82. The molecule has 0 radical (unpaired) electrons. The van der Waals surface area contributed by atoms with Crippen LogP contribution in [0.5, 0.6) is 5.75 Å². The highest BCUT2D eigenvalue weighted by atomic mass is 16.5. The lowest BCUT2D eigenvalue weighted by atomic mass is 10.1. The SMILES string of the molecule is COc1cccc(NC(=O)N[C@H]2C[C@@H](C(=O)N3CCC[C@@H]3C(N)=O)N(C(=O)c3ccco3)C2)c1. The first-order valence-corrected chi connectivity index (χ1v) is 11.0. The summed E-state index contributed by atoms with van der Waals surface area (Å²) in [5.74, 6) is -0.712. The quantitative estimate of drug-likeness (QED) is 0.579. The van der Waals surface area contributed by atoms with Crippen molar-refractivity contribution >= 4 is 29.4 Å². The number of urea groups is 1. The van der Waals surface area contributed by atoms with E-state index >= 15 is 0 Å². The fourth-order valence-corrected chi connectivity index (χ4v) is 4.51. The third-order valence-electron chi connectivity index (χ3n) is 6.11. The molecule has 2 aliphatic rings. The lowest BCUT2D eigenvalue weighted by molar-refractivity contribution is -0.140. The van der Waals surface area contributed by atoms with E-state index in [9.17, 15) is 19.2 Å². The van der Waals surface area contributed by atoms with E-state index in [4.69, 9.17) is 14.9 Å². The monoisotopic (exact) mass is 469 g/mol. The van der Waals surface area contributed by atoms with Gasteiger partial charge in [-0.25, -0.2) is 4.79 Å². The van der Waals surface area contributed by atoms with Gasteiger partial charge in [0.2, 0.25) is 11.8 Å². The van der Waals surface area contributed by atoms with E-state index < -0.39 is 36.0 Å². The molecule has 11 heteroatoms. The van der Waals surface area contributed by atoms with Gasteiger partial charge in [0, 0.05) is 24.8 Å². The van der Waals surface area contributed by atoms with E-state index in [1.54, 1.807) is 30.3 Å². The normalized spacial score (nSPS) is 21.9. The Balaban J connectivity index is 1.49. The molecule has 3 heterocycles. The molecule has 0 aliphatic carbocycles. The highest BCUT2D eigenvalue weighted by Gasteiger charge is 2.45. The molecule has 2 aliphatic heterocycles. The summed E-state index contributed by atoms with van der Waals surface area (Å²) in [5.41, 5.74) is 6.02. The number of amides is 5. The lowest BCUT2D eigenvalue weighted by Crippen LogP contribution is -2.52. The molecular formula is C23H27N5O6. The number of carbonyl (C=O) groups excluding carboxylic acids is 4. The summed E-state index contributed by atoms with van der Waals surface area (Å²) in [6, 6.07) is 7.46. The standard InChI is InChI=1S/C23H27N5O6/c1-33-16-6-2-5-14(11-16)25-23(32)26-15-12-18(21(30)27-9-3-7-17(27)20(24)29)28(13-15)22(31)19-8-4-10-34-19/h2,4-6,8,10-11,15,17-18H,3,7,9,12-13H2,1H3,(H2,24,29)(H2,25,26,32)/t15-,17+,18-/m0/s1. The summed E-state index contributed by atoms with van der Waals surface area (Å²) in [5, 5.41) is 5.55. The van der Waals surface area contributed by atoms with Gasteiger partial charge in [0.25, 0.3) is 5.91 Å². The van der Waals surface area contributed by atoms with Crippen LogP contribution in [0.15, 0.2) is 47.1 Å². The van der Waals surface area contributed by atoms with Gasteiger partial charge in [-0.2, -0.15) is 0 Å². The van der Waals surface area contributed by atoms with Gasteiger partial charge >= 0.3 is 6.03 Å². The molecule has 34 heavy (non-hydrogen) atoms. The fraction of sp³-hybridized carbons (Fsp3) is 0.391. The maximum Gasteiger partial charge on any atom is 0.319 e.